The molecule has 7 heteroatoms. The number of hydrogen-bond donors (Lipinski definition) is 2. The van der Waals surface area contributed by atoms with Crippen molar-refractivity contribution in [3.05, 3.63) is 36.2 Å². The quantitative estimate of drug-likeness (QED) is 0.781. The third-order valence-electron chi connectivity index (χ3n) is 4.29. The Kier molecular flexibility index (Phi) is 6.77. The van der Waals surface area contributed by atoms with E-state index in [4.69, 9.17) is 10.5 Å². The van der Waals surface area contributed by atoms with Gasteiger partial charge in [-0.25, -0.2) is 12.8 Å². The molecule has 1 aliphatic rings. The van der Waals surface area contributed by atoms with Gasteiger partial charge >= 0.3 is 0 Å². The highest BCUT2D eigenvalue weighted by atomic mass is 32.2. The molecule has 0 saturated heterocycles. The van der Waals surface area contributed by atoms with E-state index in [0.717, 1.165) is 12.8 Å². The van der Waals surface area contributed by atoms with E-state index in [-0.39, 0.29) is 35.8 Å². The van der Waals surface area contributed by atoms with Crippen LogP contribution in [0.4, 0.5) is 4.39 Å². The Morgan fingerprint density at radius 1 is 1.25 bits per heavy atom. The minimum Gasteiger partial charge on any atom is -0.489 e. The summed E-state index contributed by atoms with van der Waals surface area (Å²) < 4.78 is 42.7. The molecule has 0 bridgehead atoms. The van der Waals surface area contributed by atoms with E-state index >= 15 is 0 Å². The maximum absolute atomic E-state index is 12.5. The number of sulfone groups is 1. The van der Waals surface area contributed by atoms with Gasteiger partial charge in [-0.05, 0) is 55.9 Å². The number of hydrogen-bond acceptors (Lipinski definition) is 5. The summed E-state index contributed by atoms with van der Waals surface area (Å²) in [5.41, 5.74) is 5.67. The molecule has 0 radical (unpaired) electrons. The summed E-state index contributed by atoms with van der Waals surface area (Å²) in [5.74, 6) is 0.653. The third-order valence-corrected chi connectivity index (χ3v) is 6.20. The lowest BCUT2D eigenvalue weighted by atomic mass is 9.89. The Morgan fingerprint density at radius 2 is 1.88 bits per heavy atom. The van der Waals surface area contributed by atoms with Crippen molar-refractivity contribution in [3.8, 4) is 5.75 Å². The van der Waals surface area contributed by atoms with Crippen LogP contribution in [0.1, 0.15) is 25.7 Å². The lowest BCUT2D eigenvalue weighted by Crippen LogP contribution is -2.24. The average Bonchev–Trinajstić information content (AvgIpc) is 2.58. The fourth-order valence-electron chi connectivity index (χ4n) is 2.77. The molecule has 5 nitrogen and oxygen atoms in total. The van der Waals surface area contributed by atoms with Crippen molar-refractivity contribution in [1.82, 2.24) is 0 Å². The van der Waals surface area contributed by atoms with E-state index in [1.165, 1.54) is 12.1 Å². The zero-order chi connectivity index (χ0) is 17.6. The molecule has 1 fully saturated rings. The van der Waals surface area contributed by atoms with Crippen LogP contribution >= 0.6 is 0 Å². The van der Waals surface area contributed by atoms with Crippen molar-refractivity contribution in [2.75, 3.05) is 18.9 Å². The van der Waals surface area contributed by atoms with Crippen LogP contribution in [-0.4, -0.2) is 38.5 Å². The minimum atomic E-state index is -3.36. The average molecular weight is 357 g/mol. The molecule has 0 aliphatic heterocycles. The second-order valence-electron chi connectivity index (χ2n) is 6.19. The highest BCUT2D eigenvalue weighted by molar-refractivity contribution is 7.91. The van der Waals surface area contributed by atoms with Gasteiger partial charge in [-0.3, -0.25) is 0 Å². The van der Waals surface area contributed by atoms with E-state index in [1.807, 2.05) is 0 Å². The van der Waals surface area contributed by atoms with Gasteiger partial charge in [0.2, 0.25) is 0 Å². The van der Waals surface area contributed by atoms with Crippen molar-refractivity contribution in [2.45, 2.75) is 36.7 Å². The summed E-state index contributed by atoms with van der Waals surface area (Å²) >= 11 is 0. The molecule has 0 amide bonds. The number of nitrogens with two attached hydrogens (primary N) is 1. The van der Waals surface area contributed by atoms with Crippen molar-refractivity contribution in [2.24, 2.45) is 11.7 Å². The van der Waals surface area contributed by atoms with Crippen LogP contribution in [0.3, 0.4) is 0 Å². The molecular formula is C17H24FNO4S. The second kappa shape index (κ2) is 8.60. The molecule has 0 aromatic heterocycles. The van der Waals surface area contributed by atoms with Gasteiger partial charge < -0.3 is 15.6 Å². The molecule has 0 atom stereocenters. The van der Waals surface area contributed by atoms with Gasteiger partial charge in [0.05, 0.1) is 23.1 Å². The second-order valence-corrected chi connectivity index (χ2v) is 8.22. The standard InChI is InChI=1S/C17H24FNO4S/c18-9-14(10-19)11-23-16-5-7-17(8-6-16)24(21,22)12-13-1-3-15(20)4-2-13/h5-9,13,15,20H,1-4,10-12,19H2/b14-9+. The Morgan fingerprint density at radius 3 is 2.42 bits per heavy atom. The predicted molar refractivity (Wildman–Crippen MR) is 90.2 cm³/mol. The van der Waals surface area contributed by atoms with Crippen LogP contribution in [0.2, 0.25) is 0 Å². The first-order valence-electron chi connectivity index (χ1n) is 8.06. The first-order valence-corrected chi connectivity index (χ1v) is 9.71. The summed E-state index contributed by atoms with van der Waals surface area (Å²) in [6, 6.07) is 6.13. The van der Waals surface area contributed by atoms with E-state index in [9.17, 15) is 17.9 Å². The van der Waals surface area contributed by atoms with E-state index in [2.05, 4.69) is 0 Å². The number of halogens is 1. The fourth-order valence-corrected chi connectivity index (χ4v) is 4.47. The van der Waals surface area contributed by atoms with Crippen molar-refractivity contribution < 1.29 is 22.7 Å². The van der Waals surface area contributed by atoms with E-state index in [0.29, 0.717) is 30.5 Å². The summed E-state index contributed by atoms with van der Waals surface area (Å²) in [6.07, 6.45) is 2.92. The first-order chi connectivity index (χ1) is 11.4. The van der Waals surface area contributed by atoms with E-state index in [1.54, 1.807) is 12.1 Å². The van der Waals surface area contributed by atoms with Crippen LogP contribution in [0, 0.1) is 5.92 Å². The Bertz CT molecular complexity index is 650. The smallest absolute Gasteiger partial charge is 0.178 e. The van der Waals surface area contributed by atoms with Crippen LogP contribution < -0.4 is 10.5 Å². The Hall–Kier alpha value is -1.44. The maximum atomic E-state index is 12.5. The summed E-state index contributed by atoms with van der Waals surface area (Å²) in [7, 11) is -3.36. The molecule has 3 N–H and O–H groups in total. The fraction of sp³-hybridized carbons (Fsp3) is 0.529. The molecule has 24 heavy (non-hydrogen) atoms. The summed E-state index contributed by atoms with van der Waals surface area (Å²) in [6.45, 7) is 0.0997. The zero-order valence-electron chi connectivity index (χ0n) is 13.5. The molecule has 2 rings (SSSR count). The molecule has 1 aromatic carbocycles. The van der Waals surface area contributed by atoms with Crippen LogP contribution in [0.15, 0.2) is 41.1 Å². The molecule has 1 aliphatic carbocycles. The van der Waals surface area contributed by atoms with Gasteiger partial charge in [0.1, 0.15) is 12.4 Å². The number of ether oxygens (including phenoxy) is 1. The molecule has 0 unspecified atom stereocenters. The largest absolute Gasteiger partial charge is 0.489 e. The predicted octanol–water partition coefficient (Wildman–Crippen LogP) is 2.20. The van der Waals surface area contributed by atoms with Crippen molar-refractivity contribution >= 4 is 9.84 Å². The molecular weight excluding hydrogens is 333 g/mol. The monoisotopic (exact) mass is 357 g/mol. The highest BCUT2D eigenvalue weighted by Gasteiger charge is 2.25. The first kappa shape index (κ1) is 18.9. The lowest BCUT2D eigenvalue weighted by molar-refractivity contribution is 0.113. The number of benzene rings is 1. The normalized spacial score (nSPS) is 22.4. The van der Waals surface area contributed by atoms with Gasteiger partial charge in [0.25, 0.3) is 0 Å². The SMILES string of the molecule is NC/C(=C\F)COc1ccc(S(=O)(=O)CC2CCC(O)CC2)cc1. The molecule has 1 saturated carbocycles. The van der Waals surface area contributed by atoms with Gasteiger partial charge in [-0.1, -0.05) is 0 Å². The zero-order valence-corrected chi connectivity index (χ0v) is 14.3. The molecule has 0 heterocycles. The van der Waals surface area contributed by atoms with E-state index < -0.39 is 9.84 Å². The third kappa shape index (κ3) is 5.29. The molecule has 1 aromatic rings. The number of aliphatic hydroxyl groups is 1. The summed E-state index contributed by atoms with van der Waals surface area (Å²) in [4.78, 5) is 0.251. The molecule has 0 spiro atoms. The summed E-state index contributed by atoms with van der Waals surface area (Å²) in [5, 5.41) is 9.50. The van der Waals surface area contributed by atoms with Gasteiger partial charge in [-0.15, -0.1) is 0 Å². The van der Waals surface area contributed by atoms with Gasteiger partial charge in [-0.2, -0.15) is 0 Å². The van der Waals surface area contributed by atoms with Gasteiger partial charge in [0, 0.05) is 12.1 Å². The van der Waals surface area contributed by atoms with Gasteiger partial charge in [0.15, 0.2) is 9.84 Å². The lowest BCUT2D eigenvalue weighted by Gasteiger charge is -2.25. The number of aliphatic hydroxyl groups excluding tert-OH is 1. The minimum absolute atomic E-state index is 0.0312. The Balaban J connectivity index is 1.96. The topological polar surface area (TPSA) is 89.6 Å². The van der Waals surface area contributed by atoms with Crippen molar-refractivity contribution in [1.29, 1.82) is 0 Å². The number of rotatable bonds is 7. The molecule has 134 valence electrons. The van der Waals surface area contributed by atoms with Crippen molar-refractivity contribution in [3.63, 3.8) is 0 Å². The van der Waals surface area contributed by atoms with Crippen LogP contribution in [0.25, 0.3) is 0 Å². The Labute approximate surface area is 142 Å². The van der Waals surface area contributed by atoms with Crippen LogP contribution in [-0.2, 0) is 9.84 Å². The van der Waals surface area contributed by atoms with Crippen LogP contribution in [0.5, 0.6) is 5.75 Å². The maximum Gasteiger partial charge on any atom is 0.178 e. The highest BCUT2D eigenvalue weighted by Crippen LogP contribution is 2.28.